The van der Waals surface area contributed by atoms with E-state index < -0.39 is 0 Å². The third-order valence-electron chi connectivity index (χ3n) is 4.79. The molecule has 2 heterocycles. The fourth-order valence-electron chi connectivity index (χ4n) is 3.69. The fraction of sp³-hybridized carbons (Fsp3) is 0.0952. The number of hydrogen-bond donors (Lipinski definition) is 0. The van der Waals surface area contributed by atoms with Gasteiger partial charge in [-0.15, -0.1) is 12.4 Å². The van der Waals surface area contributed by atoms with Gasteiger partial charge in [-0.2, -0.15) is 0 Å². The van der Waals surface area contributed by atoms with Crippen molar-refractivity contribution in [2.45, 2.75) is 12.8 Å². The lowest BCUT2D eigenvalue weighted by atomic mass is 9.98. The third-order valence-corrected chi connectivity index (χ3v) is 4.79. The Kier molecular flexibility index (Phi) is 3.81. The van der Waals surface area contributed by atoms with E-state index >= 15 is 0 Å². The zero-order valence-electron chi connectivity index (χ0n) is 13.4. The quantitative estimate of drug-likeness (QED) is 0.531. The molecule has 3 aromatic rings. The number of rotatable bonds is 1. The van der Waals surface area contributed by atoms with Crippen LogP contribution in [0, 0.1) is 5.82 Å². The lowest BCUT2D eigenvalue weighted by Crippen LogP contribution is -2.03. The monoisotopic (exact) mass is 350 g/mol. The number of aromatic nitrogens is 1. The van der Waals surface area contributed by atoms with Crippen LogP contribution in [-0.4, -0.2) is 10.8 Å². The van der Waals surface area contributed by atoms with E-state index in [1.54, 1.807) is 6.07 Å². The minimum absolute atomic E-state index is 0. The van der Waals surface area contributed by atoms with Crippen LogP contribution in [0.3, 0.4) is 0 Å². The minimum Gasteiger partial charge on any atom is -0.314 e. The molecule has 0 saturated heterocycles. The van der Waals surface area contributed by atoms with Crippen LogP contribution in [0.15, 0.2) is 65.8 Å². The van der Waals surface area contributed by atoms with Crippen LogP contribution in [0.4, 0.5) is 10.1 Å². The van der Waals surface area contributed by atoms with Gasteiger partial charge in [0.2, 0.25) is 0 Å². The van der Waals surface area contributed by atoms with Gasteiger partial charge in [0.25, 0.3) is 0 Å². The number of para-hydroxylation sites is 1. The average molecular weight is 351 g/mol. The molecule has 0 N–H and O–H groups in total. The predicted molar refractivity (Wildman–Crippen MR) is 103 cm³/mol. The van der Waals surface area contributed by atoms with Crippen LogP contribution < -0.4 is 0 Å². The predicted octanol–water partition coefficient (Wildman–Crippen LogP) is 5.75. The Labute approximate surface area is 151 Å². The van der Waals surface area contributed by atoms with Gasteiger partial charge >= 0.3 is 0 Å². The van der Waals surface area contributed by atoms with Gasteiger partial charge in [-0.3, -0.25) is 4.99 Å². The van der Waals surface area contributed by atoms with E-state index in [4.69, 9.17) is 4.99 Å². The van der Waals surface area contributed by atoms with Crippen LogP contribution >= 0.6 is 12.4 Å². The average Bonchev–Trinajstić information content (AvgIpc) is 2.97. The zero-order chi connectivity index (χ0) is 16.1. The van der Waals surface area contributed by atoms with Gasteiger partial charge in [0.05, 0.1) is 17.1 Å². The standard InChI is InChI=1S/C21H15FN2.ClH/c22-18-9-2-1-7-16(18)17-8-4-10-19-20(17)23-13-15-6-3-5-14-11-12-24(19)21(14)15;/h1-2,4,6-13H,3,5H2;1H. The first-order valence-corrected chi connectivity index (χ1v) is 8.16. The smallest absolute Gasteiger partial charge is 0.131 e. The van der Waals surface area contributed by atoms with Crippen molar-refractivity contribution in [1.29, 1.82) is 0 Å². The highest BCUT2D eigenvalue weighted by Gasteiger charge is 2.22. The molecule has 5 rings (SSSR count). The van der Waals surface area contributed by atoms with E-state index in [2.05, 4.69) is 29.0 Å². The molecule has 4 heteroatoms. The largest absolute Gasteiger partial charge is 0.314 e. The van der Waals surface area contributed by atoms with Crippen LogP contribution in [0.1, 0.15) is 17.7 Å². The summed E-state index contributed by atoms with van der Waals surface area (Å²) in [4.78, 5) is 4.74. The number of benzene rings is 2. The van der Waals surface area contributed by atoms with Crippen molar-refractivity contribution in [3.8, 4) is 16.8 Å². The second kappa shape index (κ2) is 6.01. The maximum atomic E-state index is 14.3. The number of hydrogen-bond acceptors (Lipinski definition) is 1. The van der Waals surface area contributed by atoms with Crippen molar-refractivity contribution >= 4 is 29.9 Å². The van der Waals surface area contributed by atoms with E-state index in [0.29, 0.717) is 5.56 Å². The van der Waals surface area contributed by atoms with Crippen molar-refractivity contribution in [2.24, 2.45) is 4.99 Å². The number of nitrogens with zero attached hydrogens (tertiary/aromatic N) is 2. The molecule has 25 heavy (non-hydrogen) atoms. The van der Waals surface area contributed by atoms with Crippen molar-refractivity contribution in [2.75, 3.05) is 0 Å². The summed E-state index contributed by atoms with van der Waals surface area (Å²) in [5.74, 6) is -0.223. The number of aryl methyl sites for hydroxylation is 1. The fourth-order valence-corrected chi connectivity index (χ4v) is 3.69. The Bertz CT molecular complexity index is 1030. The molecule has 2 aromatic carbocycles. The van der Waals surface area contributed by atoms with Gasteiger partial charge in [0.1, 0.15) is 5.82 Å². The van der Waals surface area contributed by atoms with Gasteiger partial charge in [-0.05, 0) is 36.6 Å². The summed E-state index contributed by atoms with van der Waals surface area (Å²) in [7, 11) is 0. The molecular weight excluding hydrogens is 335 g/mol. The lowest BCUT2D eigenvalue weighted by Gasteiger charge is -2.15. The highest BCUT2D eigenvalue weighted by molar-refractivity contribution is 6.13. The number of fused-ring (bicyclic) bond motifs is 2. The molecule has 124 valence electrons. The maximum Gasteiger partial charge on any atom is 0.131 e. The molecule has 2 aliphatic rings. The topological polar surface area (TPSA) is 17.3 Å². The SMILES string of the molecule is Cl.Fc1ccccc1-c1cccc2c1N=CC1=CCCc3ccn-2c31. The molecule has 0 unspecified atom stereocenters. The summed E-state index contributed by atoms with van der Waals surface area (Å²) in [6.45, 7) is 0. The Hall–Kier alpha value is -2.65. The minimum atomic E-state index is -0.223. The first-order chi connectivity index (χ1) is 11.8. The van der Waals surface area contributed by atoms with Crippen molar-refractivity contribution < 1.29 is 4.39 Å². The zero-order valence-corrected chi connectivity index (χ0v) is 14.3. The highest BCUT2D eigenvalue weighted by Crippen LogP contribution is 2.41. The summed E-state index contributed by atoms with van der Waals surface area (Å²) in [5.41, 5.74) is 6.94. The van der Waals surface area contributed by atoms with E-state index in [1.807, 2.05) is 30.5 Å². The molecular formula is C21H16ClFN2. The molecule has 0 radical (unpaired) electrons. The Morgan fingerprint density at radius 3 is 2.68 bits per heavy atom. The molecule has 1 aromatic heterocycles. The van der Waals surface area contributed by atoms with Crippen LogP contribution in [0.2, 0.25) is 0 Å². The summed E-state index contributed by atoms with van der Waals surface area (Å²) in [6.07, 6.45) is 8.35. The number of aliphatic imine (C=N–C) groups is 1. The lowest BCUT2D eigenvalue weighted by molar-refractivity contribution is 0.631. The van der Waals surface area contributed by atoms with E-state index in [-0.39, 0.29) is 18.2 Å². The Balaban J connectivity index is 0.00000157. The molecule has 1 aliphatic heterocycles. The van der Waals surface area contributed by atoms with Gasteiger partial charge in [-0.1, -0.05) is 36.4 Å². The molecule has 0 amide bonds. The maximum absolute atomic E-state index is 14.3. The van der Waals surface area contributed by atoms with Gasteiger partial charge in [0.15, 0.2) is 0 Å². The molecule has 0 bridgehead atoms. The summed E-state index contributed by atoms with van der Waals surface area (Å²) < 4.78 is 16.5. The van der Waals surface area contributed by atoms with Crippen molar-refractivity contribution in [1.82, 2.24) is 4.57 Å². The van der Waals surface area contributed by atoms with E-state index in [0.717, 1.165) is 35.4 Å². The van der Waals surface area contributed by atoms with Crippen molar-refractivity contribution in [3.05, 3.63) is 77.9 Å². The summed E-state index contributed by atoms with van der Waals surface area (Å²) in [6, 6.07) is 15.0. The normalized spacial score (nSPS) is 14.0. The van der Waals surface area contributed by atoms with E-state index in [9.17, 15) is 4.39 Å². The van der Waals surface area contributed by atoms with Crippen LogP contribution in [-0.2, 0) is 6.42 Å². The Morgan fingerprint density at radius 2 is 1.80 bits per heavy atom. The first-order valence-electron chi connectivity index (χ1n) is 8.16. The van der Waals surface area contributed by atoms with E-state index in [1.165, 1.54) is 17.3 Å². The Morgan fingerprint density at radius 1 is 0.960 bits per heavy atom. The molecule has 0 atom stereocenters. The first kappa shape index (κ1) is 15.9. The van der Waals surface area contributed by atoms with Gasteiger partial charge < -0.3 is 4.57 Å². The summed E-state index contributed by atoms with van der Waals surface area (Å²) in [5, 5.41) is 0. The van der Waals surface area contributed by atoms with Crippen LogP contribution in [0.25, 0.3) is 22.4 Å². The summed E-state index contributed by atoms with van der Waals surface area (Å²) >= 11 is 0. The van der Waals surface area contributed by atoms with Crippen molar-refractivity contribution in [3.63, 3.8) is 0 Å². The van der Waals surface area contributed by atoms with Gasteiger partial charge in [-0.25, -0.2) is 4.39 Å². The van der Waals surface area contributed by atoms with Crippen LogP contribution in [0.5, 0.6) is 0 Å². The highest BCUT2D eigenvalue weighted by atomic mass is 35.5. The molecule has 0 fully saturated rings. The number of allylic oxidation sites excluding steroid dienone is 2. The molecule has 1 aliphatic carbocycles. The molecule has 2 nitrogen and oxygen atoms in total. The number of halogens is 2. The third kappa shape index (κ3) is 2.35. The second-order valence-corrected chi connectivity index (χ2v) is 6.17. The molecule has 0 saturated carbocycles. The van der Waals surface area contributed by atoms with Gasteiger partial charge in [0, 0.05) is 29.1 Å². The second-order valence-electron chi connectivity index (χ2n) is 6.17. The molecule has 0 spiro atoms.